The summed E-state index contributed by atoms with van der Waals surface area (Å²) >= 11 is 0. The zero-order valence-corrected chi connectivity index (χ0v) is 10.6. The van der Waals surface area contributed by atoms with E-state index in [1.807, 2.05) is 12.4 Å². The maximum absolute atomic E-state index is 4.47. The Balaban J connectivity index is 1.98. The molecule has 0 fully saturated rings. The van der Waals surface area contributed by atoms with E-state index in [1.165, 1.54) is 5.57 Å². The zero-order chi connectivity index (χ0) is 12.1. The van der Waals surface area contributed by atoms with Crippen molar-refractivity contribution in [2.24, 2.45) is 0 Å². The van der Waals surface area contributed by atoms with Crippen molar-refractivity contribution in [1.29, 1.82) is 0 Å². The molecule has 2 heterocycles. The van der Waals surface area contributed by atoms with E-state index in [0.717, 1.165) is 44.1 Å². The van der Waals surface area contributed by atoms with Crippen molar-refractivity contribution in [1.82, 2.24) is 15.3 Å². The molecule has 17 heavy (non-hydrogen) atoms. The van der Waals surface area contributed by atoms with Crippen LogP contribution in [0.3, 0.4) is 0 Å². The summed E-state index contributed by atoms with van der Waals surface area (Å²) in [6.45, 7) is 8.02. The molecule has 0 spiro atoms. The number of anilines is 1. The van der Waals surface area contributed by atoms with Crippen LogP contribution in [0.2, 0.25) is 0 Å². The molecular formula is C13H20N4. The minimum atomic E-state index is 0.794. The molecule has 0 saturated carbocycles. The van der Waals surface area contributed by atoms with Crippen LogP contribution in [0.1, 0.15) is 26.0 Å². The third-order valence-corrected chi connectivity index (χ3v) is 3.01. The molecule has 0 radical (unpaired) electrons. The molecule has 0 aromatic carbocycles. The first-order valence-corrected chi connectivity index (χ1v) is 6.22. The zero-order valence-electron chi connectivity index (χ0n) is 10.6. The van der Waals surface area contributed by atoms with Gasteiger partial charge in [-0.3, -0.25) is 4.98 Å². The quantitative estimate of drug-likeness (QED) is 0.803. The summed E-state index contributed by atoms with van der Waals surface area (Å²) in [5, 5.41) is 3.24. The van der Waals surface area contributed by atoms with Crippen molar-refractivity contribution < 1.29 is 0 Å². The molecule has 0 atom stereocenters. The Bertz CT molecular complexity index is 383. The van der Waals surface area contributed by atoms with Gasteiger partial charge in [0.15, 0.2) is 0 Å². The van der Waals surface area contributed by atoms with Crippen molar-refractivity contribution in [2.45, 2.75) is 26.8 Å². The van der Waals surface area contributed by atoms with Crippen LogP contribution in [0.4, 0.5) is 5.82 Å². The van der Waals surface area contributed by atoms with E-state index in [-0.39, 0.29) is 0 Å². The fraction of sp³-hybridized carbons (Fsp3) is 0.538. The van der Waals surface area contributed by atoms with Gasteiger partial charge in [0, 0.05) is 19.6 Å². The third kappa shape index (κ3) is 3.27. The molecule has 4 heteroatoms. The summed E-state index contributed by atoms with van der Waals surface area (Å²) in [5.74, 6) is 0.981. The van der Waals surface area contributed by atoms with Crippen LogP contribution in [0.25, 0.3) is 0 Å². The Morgan fingerprint density at radius 1 is 1.35 bits per heavy atom. The molecule has 1 aromatic rings. The predicted molar refractivity (Wildman–Crippen MR) is 70.0 cm³/mol. The van der Waals surface area contributed by atoms with E-state index in [1.54, 1.807) is 0 Å². The Hall–Kier alpha value is -1.42. The van der Waals surface area contributed by atoms with Crippen LogP contribution in [0, 0.1) is 0 Å². The molecule has 0 amide bonds. The summed E-state index contributed by atoms with van der Waals surface area (Å²) in [6, 6.07) is 0. The monoisotopic (exact) mass is 232 g/mol. The molecule has 92 valence electrons. The second-order valence-corrected chi connectivity index (χ2v) is 4.39. The van der Waals surface area contributed by atoms with Gasteiger partial charge >= 0.3 is 0 Å². The van der Waals surface area contributed by atoms with Gasteiger partial charge < -0.3 is 10.2 Å². The number of rotatable bonds is 4. The van der Waals surface area contributed by atoms with Gasteiger partial charge in [-0.05, 0) is 19.9 Å². The maximum atomic E-state index is 4.47. The largest absolute Gasteiger partial charge is 0.351 e. The summed E-state index contributed by atoms with van der Waals surface area (Å²) in [5.41, 5.74) is 2.47. The molecule has 0 unspecified atom stereocenters. The highest BCUT2D eigenvalue weighted by molar-refractivity contribution is 5.38. The second kappa shape index (κ2) is 5.77. The van der Waals surface area contributed by atoms with Gasteiger partial charge in [0.2, 0.25) is 0 Å². The summed E-state index contributed by atoms with van der Waals surface area (Å²) in [6.07, 6.45) is 7.13. The first kappa shape index (κ1) is 12.0. The average molecular weight is 232 g/mol. The van der Waals surface area contributed by atoms with Gasteiger partial charge in [0.25, 0.3) is 0 Å². The number of aromatic nitrogens is 2. The van der Waals surface area contributed by atoms with Crippen LogP contribution < -0.4 is 10.2 Å². The molecule has 1 aliphatic rings. The van der Waals surface area contributed by atoms with Gasteiger partial charge in [0.05, 0.1) is 18.1 Å². The van der Waals surface area contributed by atoms with E-state index < -0.39 is 0 Å². The fourth-order valence-electron chi connectivity index (χ4n) is 1.83. The van der Waals surface area contributed by atoms with E-state index in [0.29, 0.717) is 0 Å². The van der Waals surface area contributed by atoms with Gasteiger partial charge in [-0.25, -0.2) is 4.98 Å². The molecule has 0 aliphatic carbocycles. The van der Waals surface area contributed by atoms with Crippen molar-refractivity contribution in [2.75, 3.05) is 24.5 Å². The number of hydrogen-bond donors (Lipinski definition) is 1. The first-order valence-electron chi connectivity index (χ1n) is 6.22. The molecule has 1 N–H and O–H groups in total. The Morgan fingerprint density at radius 3 is 2.82 bits per heavy atom. The molecule has 2 rings (SSSR count). The standard InChI is InChI=1S/C13H20N4/c1-3-14-8-12-9-16-13(10-15-12)17-6-4-11(2)5-7-17/h4,9-10,14H,3,5-8H2,1-2H3. The fourth-order valence-corrected chi connectivity index (χ4v) is 1.83. The second-order valence-electron chi connectivity index (χ2n) is 4.39. The molecule has 0 bridgehead atoms. The van der Waals surface area contributed by atoms with E-state index >= 15 is 0 Å². The lowest BCUT2D eigenvalue weighted by Gasteiger charge is -2.26. The maximum Gasteiger partial charge on any atom is 0.147 e. The number of nitrogens with one attached hydrogen (secondary N) is 1. The first-order chi connectivity index (χ1) is 8.29. The smallest absolute Gasteiger partial charge is 0.147 e. The van der Waals surface area contributed by atoms with E-state index in [4.69, 9.17) is 0 Å². The van der Waals surface area contributed by atoms with Crippen molar-refractivity contribution in [3.63, 3.8) is 0 Å². The number of nitrogens with zero attached hydrogens (tertiary/aromatic N) is 3. The normalized spacial score (nSPS) is 15.9. The van der Waals surface area contributed by atoms with Crippen LogP contribution in [-0.2, 0) is 6.54 Å². The molecule has 4 nitrogen and oxygen atoms in total. The lowest BCUT2D eigenvalue weighted by atomic mass is 10.1. The highest BCUT2D eigenvalue weighted by Gasteiger charge is 2.11. The molecule has 1 aromatic heterocycles. The highest BCUT2D eigenvalue weighted by Crippen LogP contribution is 2.16. The Labute approximate surface area is 103 Å². The predicted octanol–water partition coefficient (Wildman–Crippen LogP) is 1.74. The minimum Gasteiger partial charge on any atom is -0.351 e. The molecule has 0 saturated heterocycles. The summed E-state index contributed by atoms with van der Waals surface area (Å²) < 4.78 is 0. The lowest BCUT2D eigenvalue weighted by molar-refractivity contribution is 0.703. The van der Waals surface area contributed by atoms with Crippen molar-refractivity contribution in [3.8, 4) is 0 Å². The van der Waals surface area contributed by atoms with Crippen molar-refractivity contribution >= 4 is 5.82 Å². The minimum absolute atomic E-state index is 0.794. The highest BCUT2D eigenvalue weighted by atomic mass is 15.2. The SMILES string of the molecule is CCNCc1cnc(N2CC=C(C)CC2)cn1. The third-order valence-electron chi connectivity index (χ3n) is 3.01. The molecular weight excluding hydrogens is 212 g/mol. The lowest BCUT2D eigenvalue weighted by Crippen LogP contribution is -2.29. The van der Waals surface area contributed by atoms with Crippen LogP contribution in [0.15, 0.2) is 24.0 Å². The van der Waals surface area contributed by atoms with Gasteiger partial charge in [-0.2, -0.15) is 0 Å². The number of hydrogen-bond acceptors (Lipinski definition) is 4. The molecule has 1 aliphatic heterocycles. The van der Waals surface area contributed by atoms with Gasteiger partial charge in [-0.15, -0.1) is 0 Å². The van der Waals surface area contributed by atoms with E-state index in [9.17, 15) is 0 Å². The average Bonchev–Trinajstić information content (AvgIpc) is 2.38. The topological polar surface area (TPSA) is 41.1 Å². The van der Waals surface area contributed by atoms with Gasteiger partial charge in [-0.1, -0.05) is 18.6 Å². The summed E-state index contributed by atoms with van der Waals surface area (Å²) in [7, 11) is 0. The van der Waals surface area contributed by atoms with Crippen LogP contribution >= 0.6 is 0 Å². The van der Waals surface area contributed by atoms with Crippen LogP contribution in [-0.4, -0.2) is 29.6 Å². The van der Waals surface area contributed by atoms with E-state index in [2.05, 4.69) is 40.1 Å². The van der Waals surface area contributed by atoms with Crippen LogP contribution in [0.5, 0.6) is 0 Å². The summed E-state index contributed by atoms with van der Waals surface area (Å²) in [4.78, 5) is 11.2. The van der Waals surface area contributed by atoms with Gasteiger partial charge in [0.1, 0.15) is 5.82 Å². The van der Waals surface area contributed by atoms with Crippen molar-refractivity contribution in [3.05, 3.63) is 29.7 Å². The Kier molecular flexibility index (Phi) is 4.09. The Morgan fingerprint density at radius 2 is 2.24 bits per heavy atom.